The average molecular weight is 779 g/mol. The third-order valence-electron chi connectivity index (χ3n) is 17.5. The van der Waals surface area contributed by atoms with Crippen molar-refractivity contribution >= 4 is 9.84 Å². The highest BCUT2D eigenvalue weighted by molar-refractivity contribution is 7.91. The Bertz CT molecular complexity index is 1390. The fraction of sp³-hybridized carbons (Fsp3) is 0.955. The molecule has 1 saturated heterocycles. The fourth-order valence-electron chi connectivity index (χ4n) is 14.3. The molecule has 10 heteroatoms. The van der Waals surface area contributed by atoms with Crippen LogP contribution in [0.2, 0.25) is 0 Å². The van der Waals surface area contributed by atoms with Crippen LogP contribution in [0.15, 0.2) is 12.2 Å². The lowest BCUT2D eigenvalue weighted by molar-refractivity contribution is -0.243. The summed E-state index contributed by atoms with van der Waals surface area (Å²) in [4.78, 5) is 2.38. The standard InChI is InChI=1S/C44H78N2O7S/c1-31(2)33-12-17-44(45-30-35(46-20-28-54(48,49)29-21-46)32(3)53-27-26-52-25-24-51-23-22-50-9)19-18-42(7)34(39(33)44)10-11-37-41(6)15-14-38(47)40(4,5)36(41)13-16-43(37,42)8/h32-39,45,47H,1,10-30H2,2-9H3/t32-,33+,34-,35?,36+,37-,38+,39-,41+,42-,43-,44+/m1/s1. The first-order valence-corrected chi connectivity index (χ1v) is 23.6. The van der Waals surface area contributed by atoms with Crippen molar-refractivity contribution in [2.45, 2.75) is 136 Å². The highest BCUT2D eigenvalue weighted by Gasteiger charge is 2.70. The van der Waals surface area contributed by atoms with Gasteiger partial charge in [0.05, 0.1) is 63.4 Å². The quantitative estimate of drug-likeness (QED) is 0.134. The Morgan fingerprint density at radius 1 is 0.833 bits per heavy atom. The number of aliphatic hydroxyl groups is 1. The Labute approximate surface area is 329 Å². The first-order valence-electron chi connectivity index (χ1n) is 21.7. The van der Waals surface area contributed by atoms with E-state index < -0.39 is 9.84 Å². The number of hydrogen-bond acceptors (Lipinski definition) is 9. The van der Waals surface area contributed by atoms with Gasteiger partial charge in [0.1, 0.15) is 0 Å². The fourth-order valence-corrected chi connectivity index (χ4v) is 15.5. The van der Waals surface area contributed by atoms with E-state index in [2.05, 4.69) is 65.3 Å². The second-order valence-corrected chi connectivity index (χ2v) is 22.5. The van der Waals surface area contributed by atoms with Gasteiger partial charge < -0.3 is 29.4 Å². The van der Waals surface area contributed by atoms with Crippen LogP contribution in [0.5, 0.6) is 0 Å². The third-order valence-corrected chi connectivity index (χ3v) is 19.1. The molecule has 6 rings (SSSR count). The van der Waals surface area contributed by atoms with Gasteiger partial charge in [-0.25, -0.2) is 8.42 Å². The molecule has 12 atom stereocenters. The van der Waals surface area contributed by atoms with Crippen LogP contribution >= 0.6 is 0 Å². The maximum atomic E-state index is 12.5. The van der Waals surface area contributed by atoms with Crippen LogP contribution in [-0.4, -0.2) is 120 Å². The number of nitrogens with one attached hydrogen (secondary N) is 1. The lowest BCUT2D eigenvalue weighted by Crippen LogP contribution is -2.69. The molecule has 1 heterocycles. The molecule has 0 aromatic carbocycles. The topological polar surface area (TPSA) is 107 Å². The molecule has 0 aromatic heterocycles. The second kappa shape index (κ2) is 16.6. The van der Waals surface area contributed by atoms with Gasteiger partial charge in [0.2, 0.25) is 0 Å². The minimum atomic E-state index is -3.00. The molecule has 6 aliphatic rings. The summed E-state index contributed by atoms with van der Waals surface area (Å²) in [5.41, 5.74) is 2.16. The highest BCUT2D eigenvalue weighted by Crippen LogP contribution is 2.76. The van der Waals surface area contributed by atoms with E-state index in [4.69, 9.17) is 18.9 Å². The lowest BCUT2D eigenvalue weighted by atomic mass is 9.32. The summed E-state index contributed by atoms with van der Waals surface area (Å²) in [6.45, 7) is 26.9. The van der Waals surface area contributed by atoms with Crippen LogP contribution in [0, 0.1) is 51.2 Å². The predicted octanol–water partition coefficient (Wildman–Crippen LogP) is 6.53. The summed E-state index contributed by atoms with van der Waals surface area (Å²) < 4.78 is 47.8. The van der Waals surface area contributed by atoms with Gasteiger partial charge in [0.25, 0.3) is 0 Å². The molecule has 9 nitrogen and oxygen atoms in total. The molecule has 1 unspecified atom stereocenters. The maximum Gasteiger partial charge on any atom is 0.152 e. The van der Waals surface area contributed by atoms with Gasteiger partial charge in [0, 0.05) is 38.3 Å². The number of methoxy groups -OCH3 is 1. The molecule has 0 radical (unpaired) electrons. The van der Waals surface area contributed by atoms with Crippen molar-refractivity contribution in [1.29, 1.82) is 0 Å². The molecule has 54 heavy (non-hydrogen) atoms. The van der Waals surface area contributed by atoms with Crippen LogP contribution < -0.4 is 5.32 Å². The Morgan fingerprint density at radius 2 is 1.50 bits per heavy atom. The summed E-state index contributed by atoms with van der Waals surface area (Å²) in [5, 5.41) is 15.5. The summed E-state index contributed by atoms with van der Waals surface area (Å²) in [5.74, 6) is 3.37. The normalized spacial score (nSPS) is 42.6. The first kappa shape index (κ1) is 43.0. The van der Waals surface area contributed by atoms with Gasteiger partial charge in [-0.05, 0) is 129 Å². The maximum absolute atomic E-state index is 12.5. The predicted molar refractivity (Wildman–Crippen MR) is 216 cm³/mol. The monoisotopic (exact) mass is 779 g/mol. The SMILES string of the molecule is C=C(C)[C@@H]1CC[C@]2(NCC([C@@H](C)OCCOCCOCCOC)N3CCS(=O)(=O)CC3)CC[C@]3(C)[C@H](CC[C@@H]4[C@@]5(C)CC[C@H](O)C(C)(C)[C@@H]5CC[C@]43C)[C@@H]12. The Balaban J connectivity index is 1.19. The molecule has 5 saturated carbocycles. The molecule has 0 spiro atoms. The van der Waals surface area contributed by atoms with Crippen molar-refractivity contribution in [3.05, 3.63) is 12.2 Å². The number of fused-ring (bicyclic) bond motifs is 7. The van der Waals surface area contributed by atoms with Crippen molar-refractivity contribution < 1.29 is 32.5 Å². The molecule has 0 aromatic rings. The van der Waals surface area contributed by atoms with Gasteiger partial charge in [-0.2, -0.15) is 0 Å². The number of rotatable bonds is 16. The minimum Gasteiger partial charge on any atom is -0.393 e. The Hall–Kier alpha value is -0.590. The minimum absolute atomic E-state index is 0.0315. The number of aliphatic hydroxyl groups excluding tert-OH is 1. The van der Waals surface area contributed by atoms with E-state index in [1.165, 1.54) is 56.9 Å². The molecule has 2 N–H and O–H groups in total. The lowest BCUT2D eigenvalue weighted by Gasteiger charge is -2.73. The van der Waals surface area contributed by atoms with E-state index in [0.29, 0.717) is 82.3 Å². The largest absolute Gasteiger partial charge is 0.393 e. The summed E-state index contributed by atoms with van der Waals surface area (Å²) in [6, 6.07) is 0.0681. The molecule has 0 bridgehead atoms. The van der Waals surface area contributed by atoms with Gasteiger partial charge in [-0.3, -0.25) is 4.90 Å². The summed E-state index contributed by atoms with van der Waals surface area (Å²) >= 11 is 0. The van der Waals surface area contributed by atoms with Crippen molar-refractivity contribution in [3.63, 3.8) is 0 Å². The van der Waals surface area contributed by atoms with E-state index in [9.17, 15) is 13.5 Å². The number of ether oxygens (including phenoxy) is 4. The molecule has 0 amide bonds. The summed E-state index contributed by atoms with van der Waals surface area (Å²) in [7, 11) is -1.33. The molecule has 6 fully saturated rings. The molecule has 1 aliphatic heterocycles. The van der Waals surface area contributed by atoms with Crippen molar-refractivity contribution in [2.24, 2.45) is 51.2 Å². The van der Waals surface area contributed by atoms with Gasteiger partial charge >= 0.3 is 0 Å². The third kappa shape index (κ3) is 7.80. The van der Waals surface area contributed by atoms with Crippen LogP contribution in [0.4, 0.5) is 0 Å². The zero-order valence-corrected chi connectivity index (χ0v) is 36.2. The average Bonchev–Trinajstić information content (AvgIpc) is 3.50. The second-order valence-electron chi connectivity index (χ2n) is 20.1. The van der Waals surface area contributed by atoms with E-state index in [1.54, 1.807) is 7.11 Å². The van der Waals surface area contributed by atoms with E-state index >= 15 is 0 Å². The number of sulfone groups is 1. The molecule has 5 aliphatic carbocycles. The van der Waals surface area contributed by atoms with Crippen LogP contribution in [0.25, 0.3) is 0 Å². The highest BCUT2D eigenvalue weighted by atomic mass is 32.2. The van der Waals surface area contributed by atoms with E-state index in [1.807, 2.05) is 0 Å². The van der Waals surface area contributed by atoms with Gasteiger partial charge in [-0.15, -0.1) is 0 Å². The molecular formula is C44H78N2O7S. The van der Waals surface area contributed by atoms with E-state index in [0.717, 1.165) is 19.4 Å². The van der Waals surface area contributed by atoms with Crippen molar-refractivity contribution in [3.8, 4) is 0 Å². The van der Waals surface area contributed by atoms with Gasteiger partial charge in [0.15, 0.2) is 9.84 Å². The Morgan fingerprint density at radius 3 is 2.17 bits per heavy atom. The zero-order chi connectivity index (χ0) is 39.2. The molecular weight excluding hydrogens is 701 g/mol. The molecule has 312 valence electrons. The first-order chi connectivity index (χ1) is 25.5. The zero-order valence-electron chi connectivity index (χ0n) is 35.4. The number of nitrogens with zero attached hydrogens (tertiary/aromatic N) is 1. The van der Waals surface area contributed by atoms with Crippen LogP contribution in [-0.2, 0) is 28.8 Å². The van der Waals surface area contributed by atoms with E-state index in [-0.39, 0.29) is 57.0 Å². The van der Waals surface area contributed by atoms with Crippen LogP contribution in [0.1, 0.15) is 113 Å². The van der Waals surface area contributed by atoms with Gasteiger partial charge in [-0.1, -0.05) is 46.8 Å². The Kier molecular flexibility index (Phi) is 13.2. The smallest absolute Gasteiger partial charge is 0.152 e. The number of hydrogen-bond donors (Lipinski definition) is 2. The van der Waals surface area contributed by atoms with Crippen molar-refractivity contribution in [1.82, 2.24) is 10.2 Å². The van der Waals surface area contributed by atoms with Crippen molar-refractivity contribution in [2.75, 3.05) is 77.9 Å². The number of allylic oxidation sites excluding steroid dienone is 1. The summed E-state index contributed by atoms with van der Waals surface area (Å²) in [6.07, 6.45) is 11.7. The van der Waals surface area contributed by atoms with Crippen LogP contribution in [0.3, 0.4) is 0 Å².